The zero-order valence-electron chi connectivity index (χ0n) is 14.2. The minimum absolute atomic E-state index is 0.0345. The van der Waals surface area contributed by atoms with Gasteiger partial charge in [-0.05, 0) is 38.2 Å². The Bertz CT molecular complexity index is 769. The number of phenolic OH excluding ortho intramolecular Hbond substituents is 2. The van der Waals surface area contributed by atoms with E-state index in [2.05, 4.69) is 0 Å². The Morgan fingerprint density at radius 2 is 1.62 bits per heavy atom. The first-order chi connectivity index (χ1) is 12.2. The summed E-state index contributed by atoms with van der Waals surface area (Å²) < 4.78 is 5.28. The first-order valence-corrected chi connectivity index (χ1v) is 8.64. The number of carbonyl (C=O) groups excluding carboxylic acids is 4. The Kier molecular flexibility index (Phi) is 6.37. The summed E-state index contributed by atoms with van der Waals surface area (Å²) >= 11 is 6.05. The van der Waals surface area contributed by atoms with Crippen molar-refractivity contribution in [2.75, 3.05) is 0 Å². The molecule has 0 saturated carbocycles. The Morgan fingerprint density at radius 3 is 2.27 bits per heavy atom. The summed E-state index contributed by atoms with van der Waals surface area (Å²) in [6, 6.07) is 0.948. The monoisotopic (exact) mass is 382 g/mol. The van der Waals surface area contributed by atoms with Gasteiger partial charge in [-0.2, -0.15) is 0 Å². The molecule has 1 atom stereocenters. The van der Waals surface area contributed by atoms with Crippen molar-refractivity contribution in [1.29, 1.82) is 0 Å². The highest BCUT2D eigenvalue weighted by atomic mass is 35.5. The van der Waals surface area contributed by atoms with E-state index in [-0.39, 0.29) is 48.3 Å². The van der Waals surface area contributed by atoms with E-state index in [4.69, 9.17) is 16.3 Å². The number of phenols is 2. The molecule has 140 valence electrons. The normalized spacial score (nSPS) is 20.3. The summed E-state index contributed by atoms with van der Waals surface area (Å²) in [7, 11) is 0. The smallest absolute Gasteiger partial charge is 0.342 e. The molecule has 0 fully saturated rings. The maximum absolute atomic E-state index is 12.4. The number of ether oxygens (including phenoxy) is 1. The van der Waals surface area contributed by atoms with Crippen molar-refractivity contribution in [3.05, 3.63) is 22.2 Å². The lowest BCUT2D eigenvalue weighted by molar-refractivity contribution is -0.144. The van der Waals surface area contributed by atoms with Crippen molar-refractivity contribution in [3.8, 4) is 11.5 Å². The van der Waals surface area contributed by atoms with Crippen molar-refractivity contribution in [2.45, 2.75) is 51.6 Å². The van der Waals surface area contributed by atoms with Crippen molar-refractivity contribution in [3.63, 3.8) is 0 Å². The third-order valence-corrected chi connectivity index (χ3v) is 4.61. The minimum atomic E-state index is -1.03. The van der Waals surface area contributed by atoms with Crippen molar-refractivity contribution >= 4 is 34.9 Å². The number of rotatable bonds is 0. The number of esters is 1. The molecule has 0 radical (unpaired) electrons. The van der Waals surface area contributed by atoms with Crippen LogP contribution in [-0.2, 0) is 25.5 Å². The van der Waals surface area contributed by atoms with E-state index < -0.39 is 40.9 Å². The molecule has 0 spiro atoms. The standard InChI is InChI=1S/C18H19ClO7/c1-9-4-2-6-11(20)17(24)12(21)7-3-5-10-15(18(25)26-9)13(22)8-14(23)16(10)19/h8-9,22-23H,2-7H2,1H3/t9-/m0/s1. The predicted molar refractivity (Wildman–Crippen MR) is 91.5 cm³/mol. The van der Waals surface area contributed by atoms with Crippen LogP contribution in [0.3, 0.4) is 0 Å². The van der Waals surface area contributed by atoms with Gasteiger partial charge in [0.2, 0.25) is 11.6 Å². The molecular weight excluding hydrogens is 364 g/mol. The number of cyclic esters (lactones) is 1. The molecule has 0 aromatic heterocycles. The van der Waals surface area contributed by atoms with E-state index in [1.165, 1.54) is 0 Å². The van der Waals surface area contributed by atoms with E-state index >= 15 is 0 Å². The molecule has 2 rings (SSSR count). The van der Waals surface area contributed by atoms with Gasteiger partial charge in [-0.25, -0.2) is 4.79 Å². The number of halogens is 1. The second kappa shape index (κ2) is 8.31. The topological polar surface area (TPSA) is 118 Å². The number of hydrogen-bond acceptors (Lipinski definition) is 7. The number of hydrogen-bond donors (Lipinski definition) is 2. The number of benzene rings is 1. The van der Waals surface area contributed by atoms with Crippen LogP contribution < -0.4 is 0 Å². The summed E-state index contributed by atoms with van der Waals surface area (Å²) in [5.41, 5.74) is -0.0448. The van der Waals surface area contributed by atoms with Crippen LogP contribution in [0, 0.1) is 0 Å². The van der Waals surface area contributed by atoms with Crippen molar-refractivity contribution < 1.29 is 34.1 Å². The number of carbonyl (C=O) groups is 4. The van der Waals surface area contributed by atoms with Gasteiger partial charge in [-0.1, -0.05) is 11.6 Å². The summed E-state index contributed by atoms with van der Waals surface area (Å²) in [5.74, 6) is -4.29. The summed E-state index contributed by atoms with van der Waals surface area (Å²) in [6.07, 6.45) is -0.148. The van der Waals surface area contributed by atoms with E-state index in [9.17, 15) is 29.4 Å². The molecule has 8 heteroatoms. The van der Waals surface area contributed by atoms with Crippen LogP contribution >= 0.6 is 11.6 Å². The molecule has 0 saturated heterocycles. The molecule has 0 unspecified atom stereocenters. The van der Waals surface area contributed by atoms with E-state index in [0.717, 1.165) is 6.07 Å². The SMILES string of the molecule is C[C@H]1CCCC(=O)C(=O)C(=O)CCCc2c(Cl)c(O)cc(O)c2C(=O)O1. The van der Waals surface area contributed by atoms with Gasteiger partial charge in [-0.15, -0.1) is 0 Å². The number of aromatic hydroxyl groups is 2. The molecule has 1 aliphatic rings. The van der Waals surface area contributed by atoms with Crippen LogP contribution in [0.25, 0.3) is 0 Å². The Labute approximate surface area is 154 Å². The van der Waals surface area contributed by atoms with Crippen molar-refractivity contribution in [2.24, 2.45) is 0 Å². The van der Waals surface area contributed by atoms with E-state index in [0.29, 0.717) is 6.42 Å². The fraction of sp³-hybridized carbons (Fsp3) is 0.444. The first kappa shape index (κ1) is 19.9. The highest BCUT2D eigenvalue weighted by Crippen LogP contribution is 2.37. The summed E-state index contributed by atoms with van der Waals surface area (Å²) in [5, 5.41) is 19.7. The maximum atomic E-state index is 12.4. The van der Waals surface area contributed by atoms with Crippen molar-refractivity contribution in [1.82, 2.24) is 0 Å². The Morgan fingerprint density at radius 1 is 1.00 bits per heavy atom. The Balaban J connectivity index is 2.40. The molecule has 26 heavy (non-hydrogen) atoms. The molecular formula is C18H19ClO7. The Hall–Kier alpha value is -2.41. The third kappa shape index (κ3) is 4.40. The van der Waals surface area contributed by atoms with Gasteiger partial charge >= 0.3 is 5.97 Å². The first-order valence-electron chi connectivity index (χ1n) is 8.27. The lowest BCUT2D eigenvalue weighted by Crippen LogP contribution is -2.25. The number of fused-ring (bicyclic) bond motifs is 1. The van der Waals surface area contributed by atoms with Crippen LogP contribution in [0.5, 0.6) is 11.5 Å². The average molecular weight is 383 g/mol. The highest BCUT2D eigenvalue weighted by Gasteiger charge is 2.27. The van der Waals surface area contributed by atoms with Crippen LogP contribution in [-0.4, -0.2) is 39.6 Å². The second-order valence-corrected chi connectivity index (χ2v) is 6.60. The molecule has 1 heterocycles. The molecule has 2 N–H and O–H groups in total. The van der Waals surface area contributed by atoms with Gasteiger partial charge in [0.15, 0.2) is 0 Å². The van der Waals surface area contributed by atoms with Gasteiger partial charge in [0.05, 0.1) is 11.1 Å². The fourth-order valence-corrected chi connectivity index (χ4v) is 3.05. The number of ketones is 3. The van der Waals surface area contributed by atoms with Gasteiger partial charge in [0.1, 0.15) is 17.1 Å². The largest absolute Gasteiger partial charge is 0.507 e. The summed E-state index contributed by atoms with van der Waals surface area (Å²) in [6.45, 7) is 1.61. The zero-order valence-corrected chi connectivity index (χ0v) is 15.0. The van der Waals surface area contributed by atoms with E-state index in [1.807, 2.05) is 0 Å². The number of Topliss-reactive ketones (excluding diaryl/α,β-unsaturated/α-hetero) is 3. The lowest BCUT2D eigenvalue weighted by Gasteiger charge is -2.17. The third-order valence-electron chi connectivity index (χ3n) is 4.19. The zero-order chi connectivity index (χ0) is 19.4. The average Bonchev–Trinajstić information content (AvgIpc) is 2.57. The molecule has 0 amide bonds. The van der Waals surface area contributed by atoms with Crippen LogP contribution in [0.4, 0.5) is 0 Å². The molecule has 1 aromatic carbocycles. The van der Waals surface area contributed by atoms with E-state index in [1.54, 1.807) is 6.92 Å². The second-order valence-electron chi connectivity index (χ2n) is 6.22. The van der Waals surface area contributed by atoms with Gasteiger partial charge in [0, 0.05) is 18.9 Å². The molecule has 0 bridgehead atoms. The van der Waals surface area contributed by atoms with Crippen LogP contribution in [0.1, 0.15) is 54.9 Å². The summed E-state index contributed by atoms with van der Waals surface area (Å²) in [4.78, 5) is 47.8. The lowest BCUT2D eigenvalue weighted by atomic mass is 9.97. The maximum Gasteiger partial charge on any atom is 0.342 e. The van der Waals surface area contributed by atoms with Gasteiger partial charge < -0.3 is 14.9 Å². The molecule has 0 aliphatic carbocycles. The van der Waals surface area contributed by atoms with Crippen LogP contribution in [0.15, 0.2) is 6.07 Å². The molecule has 1 aromatic rings. The molecule has 1 aliphatic heterocycles. The highest BCUT2D eigenvalue weighted by molar-refractivity contribution is 6.63. The molecule has 7 nitrogen and oxygen atoms in total. The fourth-order valence-electron chi connectivity index (χ4n) is 2.81. The van der Waals surface area contributed by atoms with Gasteiger partial charge in [-0.3, -0.25) is 14.4 Å². The van der Waals surface area contributed by atoms with Crippen LogP contribution in [0.2, 0.25) is 5.02 Å². The predicted octanol–water partition coefficient (Wildman–Crippen LogP) is 2.51. The minimum Gasteiger partial charge on any atom is -0.507 e. The van der Waals surface area contributed by atoms with Gasteiger partial charge in [0.25, 0.3) is 5.78 Å². The quantitative estimate of drug-likeness (QED) is 0.522.